The number of carbonyl (C=O) groups excluding carboxylic acids is 1. The first kappa shape index (κ1) is 8.91. The van der Waals surface area contributed by atoms with E-state index < -0.39 is 0 Å². The molecule has 2 nitrogen and oxygen atoms in total. The first-order valence-corrected chi connectivity index (χ1v) is 4.95. The fourth-order valence-corrected chi connectivity index (χ4v) is 2.15. The zero-order valence-electron chi connectivity index (χ0n) is 7.05. The SMILES string of the molecule is O=Cc1ccc(Br)c2c1COCC2. The summed E-state index contributed by atoms with van der Waals surface area (Å²) < 4.78 is 6.39. The highest BCUT2D eigenvalue weighted by Gasteiger charge is 2.15. The molecule has 2 rings (SSSR count). The van der Waals surface area contributed by atoms with Gasteiger partial charge in [-0.05, 0) is 23.6 Å². The number of hydrogen-bond donors (Lipinski definition) is 0. The van der Waals surface area contributed by atoms with Crippen LogP contribution in [-0.4, -0.2) is 12.9 Å². The number of hydrogen-bond acceptors (Lipinski definition) is 2. The largest absolute Gasteiger partial charge is 0.376 e. The normalized spacial score (nSPS) is 15.2. The lowest BCUT2D eigenvalue weighted by Crippen LogP contribution is -2.12. The van der Waals surface area contributed by atoms with Crippen LogP contribution < -0.4 is 0 Å². The molecule has 68 valence electrons. The van der Waals surface area contributed by atoms with Crippen molar-refractivity contribution in [3.8, 4) is 0 Å². The molecule has 1 aliphatic heterocycles. The van der Waals surface area contributed by atoms with Gasteiger partial charge in [-0.2, -0.15) is 0 Å². The molecule has 0 amide bonds. The lowest BCUT2D eigenvalue weighted by molar-refractivity contribution is 0.105. The fourth-order valence-electron chi connectivity index (χ4n) is 1.58. The summed E-state index contributed by atoms with van der Waals surface area (Å²) in [5.41, 5.74) is 3.00. The molecule has 0 spiro atoms. The van der Waals surface area contributed by atoms with Gasteiger partial charge in [0.25, 0.3) is 0 Å². The summed E-state index contributed by atoms with van der Waals surface area (Å²) in [5.74, 6) is 0. The lowest BCUT2D eigenvalue weighted by Gasteiger charge is -2.19. The van der Waals surface area contributed by atoms with Gasteiger partial charge in [-0.3, -0.25) is 4.79 Å². The van der Waals surface area contributed by atoms with Crippen LogP contribution in [0.4, 0.5) is 0 Å². The van der Waals surface area contributed by atoms with Gasteiger partial charge in [0, 0.05) is 10.0 Å². The van der Waals surface area contributed by atoms with Gasteiger partial charge in [-0.25, -0.2) is 0 Å². The Morgan fingerprint density at radius 3 is 3.00 bits per heavy atom. The van der Waals surface area contributed by atoms with Crippen LogP contribution in [0.25, 0.3) is 0 Å². The minimum Gasteiger partial charge on any atom is -0.376 e. The zero-order valence-corrected chi connectivity index (χ0v) is 8.63. The molecule has 0 aliphatic carbocycles. The zero-order chi connectivity index (χ0) is 9.26. The van der Waals surface area contributed by atoms with Gasteiger partial charge in [0.2, 0.25) is 0 Å². The molecular weight excluding hydrogens is 232 g/mol. The first-order valence-electron chi connectivity index (χ1n) is 4.16. The molecule has 0 aromatic heterocycles. The number of benzene rings is 1. The van der Waals surface area contributed by atoms with Gasteiger partial charge in [0.15, 0.2) is 0 Å². The van der Waals surface area contributed by atoms with Crippen molar-refractivity contribution in [1.82, 2.24) is 0 Å². The van der Waals surface area contributed by atoms with E-state index in [4.69, 9.17) is 4.74 Å². The van der Waals surface area contributed by atoms with Crippen molar-refractivity contribution in [2.45, 2.75) is 13.0 Å². The molecule has 0 fully saturated rings. The van der Waals surface area contributed by atoms with Gasteiger partial charge >= 0.3 is 0 Å². The Morgan fingerprint density at radius 1 is 1.38 bits per heavy atom. The second-order valence-electron chi connectivity index (χ2n) is 3.01. The minimum atomic E-state index is 0.558. The van der Waals surface area contributed by atoms with Crippen molar-refractivity contribution in [2.24, 2.45) is 0 Å². The number of aldehydes is 1. The van der Waals surface area contributed by atoms with E-state index >= 15 is 0 Å². The van der Waals surface area contributed by atoms with Crippen LogP contribution in [-0.2, 0) is 17.8 Å². The van der Waals surface area contributed by atoms with Crippen molar-refractivity contribution < 1.29 is 9.53 Å². The molecule has 1 aliphatic rings. The molecule has 13 heavy (non-hydrogen) atoms. The summed E-state index contributed by atoms with van der Waals surface area (Å²) in [7, 11) is 0. The molecule has 0 unspecified atom stereocenters. The number of rotatable bonds is 1. The first-order chi connectivity index (χ1) is 6.33. The van der Waals surface area contributed by atoms with E-state index in [2.05, 4.69) is 15.9 Å². The van der Waals surface area contributed by atoms with Crippen LogP contribution in [0.5, 0.6) is 0 Å². The molecular formula is C10H9BrO2. The van der Waals surface area contributed by atoms with Gasteiger partial charge in [0.1, 0.15) is 6.29 Å². The summed E-state index contributed by atoms with van der Waals surface area (Å²) in [5, 5.41) is 0. The van der Waals surface area contributed by atoms with Crippen molar-refractivity contribution in [3.05, 3.63) is 33.3 Å². The predicted octanol–water partition coefficient (Wildman–Crippen LogP) is 2.33. The number of carbonyl (C=O) groups is 1. The standard InChI is InChI=1S/C10H9BrO2/c11-10-2-1-7(5-12)9-6-13-4-3-8(9)10/h1-2,5H,3-4,6H2. The highest BCUT2D eigenvalue weighted by Crippen LogP contribution is 2.27. The maximum absolute atomic E-state index is 10.7. The smallest absolute Gasteiger partial charge is 0.150 e. The Bertz CT molecular complexity index is 347. The Hall–Kier alpha value is -0.670. The topological polar surface area (TPSA) is 26.3 Å². The van der Waals surface area contributed by atoms with Crippen molar-refractivity contribution in [3.63, 3.8) is 0 Å². The number of halogens is 1. The summed E-state index contributed by atoms with van der Waals surface area (Å²) in [6.45, 7) is 1.30. The van der Waals surface area contributed by atoms with E-state index in [0.717, 1.165) is 34.9 Å². The van der Waals surface area contributed by atoms with E-state index in [1.807, 2.05) is 12.1 Å². The Labute approximate surface area is 85.0 Å². The van der Waals surface area contributed by atoms with E-state index in [-0.39, 0.29) is 0 Å². The monoisotopic (exact) mass is 240 g/mol. The van der Waals surface area contributed by atoms with Crippen LogP contribution in [0.2, 0.25) is 0 Å². The number of fused-ring (bicyclic) bond motifs is 1. The average Bonchev–Trinajstić information content (AvgIpc) is 2.19. The van der Waals surface area contributed by atoms with Gasteiger partial charge < -0.3 is 4.74 Å². The second kappa shape index (κ2) is 3.60. The Kier molecular flexibility index (Phi) is 2.47. The van der Waals surface area contributed by atoms with Crippen LogP contribution in [0.1, 0.15) is 21.5 Å². The molecule has 0 atom stereocenters. The Morgan fingerprint density at radius 2 is 2.23 bits per heavy atom. The van der Waals surface area contributed by atoms with E-state index in [1.165, 1.54) is 5.56 Å². The second-order valence-corrected chi connectivity index (χ2v) is 3.87. The maximum Gasteiger partial charge on any atom is 0.150 e. The van der Waals surface area contributed by atoms with Gasteiger partial charge in [-0.15, -0.1) is 0 Å². The predicted molar refractivity (Wildman–Crippen MR) is 52.9 cm³/mol. The summed E-state index contributed by atoms with van der Waals surface area (Å²) in [4.78, 5) is 10.7. The fraction of sp³-hybridized carbons (Fsp3) is 0.300. The average molecular weight is 241 g/mol. The van der Waals surface area contributed by atoms with Crippen molar-refractivity contribution in [2.75, 3.05) is 6.61 Å². The molecule has 1 aromatic carbocycles. The molecule has 3 heteroatoms. The minimum absolute atomic E-state index is 0.558. The molecule has 0 saturated heterocycles. The third kappa shape index (κ3) is 1.54. The molecule has 0 saturated carbocycles. The van der Waals surface area contributed by atoms with Crippen LogP contribution in [0.3, 0.4) is 0 Å². The van der Waals surface area contributed by atoms with Gasteiger partial charge in [0.05, 0.1) is 13.2 Å². The third-order valence-electron chi connectivity index (χ3n) is 2.28. The Balaban J connectivity index is 2.58. The van der Waals surface area contributed by atoms with Gasteiger partial charge in [-0.1, -0.05) is 22.0 Å². The van der Waals surface area contributed by atoms with E-state index in [9.17, 15) is 4.79 Å². The highest BCUT2D eigenvalue weighted by atomic mass is 79.9. The third-order valence-corrected chi connectivity index (χ3v) is 3.02. The summed E-state index contributed by atoms with van der Waals surface area (Å²) >= 11 is 3.47. The molecule has 0 N–H and O–H groups in total. The quantitative estimate of drug-likeness (QED) is 0.705. The van der Waals surface area contributed by atoms with Crippen LogP contribution in [0, 0.1) is 0 Å². The maximum atomic E-state index is 10.7. The van der Waals surface area contributed by atoms with E-state index in [1.54, 1.807) is 0 Å². The molecule has 1 aromatic rings. The van der Waals surface area contributed by atoms with Crippen molar-refractivity contribution in [1.29, 1.82) is 0 Å². The summed E-state index contributed by atoms with van der Waals surface area (Å²) in [6, 6.07) is 3.75. The van der Waals surface area contributed by atoms with E-state index in [0.29, 0.717) is 6.61 Å². The number of ether oxygens (including phenoxy) is 1. The van der Waals surface area contributed by atoms with Crippen LogP contribution >= 0.6 is 15.9 Å². The van der Waals surface area contributed by atoms with Crippen LogP contribution in [0.15, 0.2) is 16.6 Å². The lowest BCUT2D eigenvalue weighted by atomic mass is 9.99. The molecule has 0 radical (unpaired) electrons. The summed E-state index contributed by atoms with van der Waals surface area (Å²) in [6.07, 6.45) is 1.78. The van der Waals surface area contributed by atoms with Crippen molar-refractivity contribution >= 4 is 22.2 Å². The molecule has 0 bridgehead atoms. The highest BCUT2D eigenvalue weighted by molar-refractivity contribution is 9.10. The molecule has 1 heterocycles.